The number of aromatic carboxylic acids is 1. The topological polar surface area (TPSA) is 89.8 Å². The summed E-state index contributed by atoms with van der Waals surface area (Å²) < 4.78 is 12.1. The molecule has 1 aromatic heterocycles. The van der Waals surface area contributed by atoms with Gasteiger partial charge in [0.25, 0.3) is 0 Å². The Labute approximate surface area is 146 Å². The van der Waals surface area contributed by atoms with Gasteiger partial charge in [0, 0.05) is 37.1 Å². The number of carbonyl (C=O) groups is 2. The monoisotopic (exact) mass is 346 g/mol. The van der Waals surface area contributed by atoms with Crippen molar-refractivity contribution in [3.8, 4) is 11.5 Å². The van der Waals surface area contributed by atoms with Gasteiger partial charge in [0.15, 0.2) is 0 Å². The predicted octanol–water partition coefficient (Wildman–Crippen LogP) is 1.91. The van der Waals surface area contributed by atoms with Gasteiger partial charge in [-0.25, -0.2) is 4.79 Å². The Bertz CT molecular complexity index is 795. The summed E-state index contributed by atoms with van der Waals surface area (Å²) in [6, 6.07) is 5.34. The summed E-state index contributed by atoms with van der Waals surface area (Å²) in [7, 11) is 4.85. The van der Waals surface area contributed by atoms with E-state index in [4.69, 9.17) is 9.47 Å². The van der Waals surface area contributed by atoms with Crippen molar-refractivity contribution in [3.63, 3.8) is 0 Å². The summed E-state index contributed by atoms with van der Waals surface area (Å²) >= 11 is 0. The van der Waals surface area contributed by atoms with Crippen LogP contribution in [0.3, 0.4) is 0 Å². The van der Waals surface area contributed by atoms with E-state index in [1.54, 1.807) is 51.1 Å². The van der Waals surface area contributed by atoms with Gasteiger partial charge in [-0.15, -0.1) is 0 Å². The number of rotatable bonds is 7. The van der Waals surface area contributed by atoms with Crippen molar-refractivity contribution >= 4 is 11.9 Å². The molecule has 0 bridgehead atoms. The van der Waals surface area contributed by atoms with E-state index in [0.29, 0.717) is 22.8 Å². The molecule has 1 aromatic carbocycles. The number of nitrogens with one attached hydrogen (secondary N) is 1. The Morgan fingerprint density at radius 3 is 2.56 bits per heavy atom. The Hall–Kier alpha value is -2.96. The van der Waals surface area contributed by atoms with Crippen molar-refractivity contribution in [2.75, 3.05) is 14.2 Å². The highest BCUT2D eigenvalue weighted by Gasteiger charge is 2.20. The van der Waals surface area contributed by atoms with E-state index in [9.17, 15) is 14.7 Å². The molecule has 134 valence electrons. The van der Waals surface area contributed by atoms with E-state index < -0.39 is 5.97 Å². The number of aryl methyl sites for hydroxylation is 2. The van der Waals surface area contributed by atoms with Gasteiger partial charge in [0.2, 0.25) is 5.91 Å². The van der Waals surface area contributed by atoms with Crippen molar-refractivity contribution in [2.24, 2.45) is 7.05 Å². The van der Waals surface area contributed by atoms with Gasteiger partial charge >= 0.3 is 5.97 Å². The molecule has 0 fully saturated rings. The number of hydrogen-bond acceptors (Lipinski definition) is 4. The van der Waals surface area contributed by atoms with Crippen molar-refractivity contribution < 1.29 is 24.2 Å². The Balaban J connectivity index is 2.09. The molecule has 2 aromatic rings. The minimum Gasteiger partial charge on any atom is -0.497 e. The first kappa shape index (κ1) is 18.4. The van der Waals surface area contributed by atoms with Gasteiger partial charge in [-0.2, -0.15) is 0 Å². The molecule has 25 heavy (non-hydrogen) atoms. The van der Waals surface area contributed by atoms with E-state index in [2.05, 4.69) is 5.32 Å². The second-order valence-corrected chi connectivity index (χ2v) is 5.68. The molecule has 1 heterocycles. The quantitative estimate of drug-likeness (QED) is 0.799. The molecule has 7 nitrogen and oxygen atoms in total. The number of ether oxygens (including phenoxy) is 2. The molecule has 0 saturated heterocycles. The minimum atomic E-state index is -1.03. The number of nitrogens with zero attached hydrogens (tertiary/aromatic N) is 1. The molecular weight excluding hydrogens is 324 g/mol. The van der Waals surface area contributed by atoms with Crippen LogP contribution in [0.25, 0.3) is 0 Å². The van der Waals surface area contributed by atoms with E-state index in [1.165, 1.54) is 0 Å². The lowest BCUT2D eigenvalue weighted by Gasteiger charge is -2.12. The molecule has 0 saturated carbocycles. The normalized spacial score (nSPS) is 10.4. The molecule has 7 heteroatoms. The van der Waals surface area contributed by atoms with Crippen LogP contribution >= 0.6 is 0 Å². The largest absolute Gasteiger partial charge is 0.497 e. The predicted molar refractivity (Wildman–Crippen MR) is 92.2 cm³/mol. The SMILES string of the molecule is COc1ccc(CNC(=O)Cc2c(C(=O)O)c(C)cn2C)c(OC)c1. The van der Waals surface area contributed by atoms with Crippen LogP contribution in [0.5, 0.6) is 11.5 Å². The van der Waals surface area contributed by atoms with Crippen LogP contribution < -0.4 is 14.8 Å². The molecule has 0 aliphatic heterocycles. The average Bonchev–Trinajstić information content (AvgIpc) is 2.86. The third-order valence-corrected chi connectivity index (χ3v) is 4.01. The zero-order valence-electron chi connectivity index (χ0n) is 14.8. The van der Waals surface area contributed by atoms with Crippen molar-refractivity contribution in [1.82, 2.24) is 9.88 Å². The standard InChI is InChI=1S/C18H22N2O5/c1-11-10-20(2)14(17(11)18(22)23)8-16(21)19-9-12-5-6-13(24-3)7-15(12)25-4/h5-7,10H,8-9H2,1-4H3,(H,19,21)(H,22,23). The Kier molecular flexibility index (Phi) is 5.69. The Morgan fingerprint density at radius 1 is 1.24 bits per heavy atom. The zero-order valence-corrected chi connectivity index (χ0v) is 14.8. The Morgan fingerprint density at radius 2 is 1.96 bits per heavy atom. The number of carboxylic acid groups (broad SMARTS) is 1. The molecule has 1 amide bonds. The molecule has 0 unspecified atom stereocenters. The number of carbonyl (C=O) groups excluding carboxylic acids is 1. The second kappa shape index (κ2) is 7.74. The van der Waals surface area contributed by atoms with Gasteiger partial charge in [-0.1, -0.05) is 0 Å². The molecule has 2 rings (SSSR count). The maximum atomic E-state index is 12.3. The first-order valence-electron chi connectivity index (χ1n) is 7.73. The van der Waals surface area contributed by atoms with E-state index in [1.807, 2.05) is 6.07 Å². The van der Waals surface area contributed by atoms with Gasteiger partial charge in [-0.05, 0) is 24.6 Å². The van der Waals surface area contributed by atoms with Gasteiger partial charge in [-0.3, -0.25) is 4.79 Å². The molecule has 0 radical (unpaired) electrons. The van der Waals surface area contributed by atoms with E-state index in [0.717, 1.165) is 5.56 Å². The van der Waals surface area contributed by atoms with Gasteiger partial charge in [0.1, 0.15) is 11.5 Å². The average molecular weight is 346 g/mol. The summed E-state index contributed by atoms with van der Waals surface area (Å²) in [6.07, 6.45) is 1.70. The molecule has 0 atom stereocenters. The summed E-state index contributed by atoms with van der Waals surface area (Å²) in [6.45, 7) is 1.99. The van der Waals surface area contributed by atoms with Crippen molar-refractivity contribution in [2.45, 2.75) is 19.9 Å². The highest BCUT2D eigenvalue weighted by Crippen LogP contribution is 2.24. The van der Waals surface area contributed by atoms with E-state index in [-0.39, 0.29) is 24.4 Å². The van der Waals surface area contributed by atoms with Crippen LogP contribution in [0.4, 0.5) is 0 Å². The third-order valence-electron chi connectivity index (χ3n) is 4.01. The van der Waals surface area contributed by atoms with Crippen LogP contribution in [0.2, 0.25) is 0 Å². The maximum absolute atomic E-state index is 12.3. The van der Waals surface area contributed by atoms with Crippen LogP contribution in [-0.2, 0) is 24.8 Å². The van der Waals surface area contributed by atoms with Gasteiger partial charge in [0.05, 0.1) is 26.2 Å². The van der Waals surface area contributed by atoms with Crippen molar-refractivity contribution in [3.05, 3.63) is 46.8 Å². The number of benzene rings is 1. The first-order chi connectivity index (χ1) is 11.9. The fourth-order valence-corrected chi connectivity index (χ4v) is 2.75. The summed E-state index contributed by atoms with van der Waals surface area (Å²) in [5.74, 6) is -0.0165. The van der Waals surface area contributed by atoms with Crippen LogP contribution in [0, 0.1) is 6.92 Å². The molecular formula is C18H22N2O5. The summed E-state index contributed by atoms with van der Waals surface area (Å²) in [5.41, 5.74) is 2.09. The number of hydrogen-bond donors (Lipinski definition) is 2. The minimum absolute atomic E-state index is 0.00948. The van der Waals surface area contributed by atoms with Crippen LogP contribution in [0.1, 0.15) is 27.2 Å². The lowest BCUT2D eigenvalue weighted by molar-refractivity contribution is -0.120. The summed E-state index contributed by atoms with van der Waals surface area (Å²) in [5, 5.41) is 12.1. The number of methoxy groups -OCH3 is 2. The lowest BCUT2D eigenvalue weighted by Crippen LogP contribution is -2.26. The first-order valence-corrected chi connectivity index (χ1v) is 7.73. The molecule has 0 aliphatic carbocycles. The smallest absolute Gasteiger partial charge is 0.337 e. The van der Waals surface area contributed by atoms with Crippen LogP contribution in [0.15, 0.2) is 24.4 Å². The lowest BCUT2D eigenvalue weighted by atomic mass is 10.1. The molecule has 0 aliphatic rings. The molecule has 2 N–H and O–H groups in total. The zero-order chi connectivity index (χ0) is 18.6. The highest BCUT2D eigenvalue weighted by atomic mass is 16.5. The van der Waals surface area contributed by atoms with Gasteiger partial charge < -0.3 is 24.5 Å². The fraction of sp³-hybridized carbons (Fsp3) is 0.333. The maximum Gasteiger partial charge on any atom is 0.337 e. The highest BCUT2D eigenvalue weighted by molar-refractivity contribution is 5.93. The third kappa shape index (κ3) is 4.12. The van der Waals surface area contributed by atoms with E-state index >= 15 is 0 Å². The number of aromatic nitrogens is 1. The second-order valence-electron chi connectivity index (χ2n) is 5.68. The fourth-order valence-electron chi connectivity index (χ4n) is 2.75. The summed E-state index contributed by atoms with van der Waals surface area (Å²) in [4.78, 5) is 23.6. The molecule has 0 spiro atoms. The van der Waals surface area contributed by atoms with Crippen molar-refractivity contribution in [1.29, 1.82) is 0 Å². The number of carboxylic acids is 1. The van der Waals surface area contributed by atoms with Crippen LogP contribution in [-0.4, -0.2) is 35.8 Å². The number of amides is 1.